The molecule has 92 valence electrons. The Hall–Kier alpha value is -1.77. The van der Waals surface area contributed by atoms with Crippen molar-refractivity contribution in [3.05, 3.63) is 41.0 Å². The van der Waals surface area contributed by atoms with Crippen LogP contribution in [0.15, 0.2) is 29.8 Å². The smallest absolute Gasteiger partial charge is 0.331 e. The summed E-state index contributed by atoms with van der Waals surface area (Å²) in [7, 11) is 0. The summed E-state index contributed by atoms with van der Waals surface area (Å²) in [4.78, 5) is 10.8. The lowest BCUT2D eigenvalue weighted by Gasteiger charge is -2.08. The Morgan fingerprint density at radius 2 is 2.12 bits per heavy atom. The minimum Gasteiger partial charge on any atom is -0.478 e. The minimum atomic E-state index is -0.838. The quantitative estimate of drug-likeness (QED) is 0.768. The van der Waals surface area contributed by atoms with Gasteiger partial charge < -0.3 is 10.4 Å². The molecule has 17 heavy (non-hydrogen) atoms. The summed E-state index contributed by atoms with van der Waals surface area (Å²) in [5, 5.41) is 12.1. The van der Waals surface area contributed by atoms with E-state index in [2.05, 4.69) is 18.3 Å². The van der Waals surface area contributed by atoms with Gasteiger partial charge in [-0.05, 0) is 31.9 Å². The van der Waals surface area contributed by atoms with Crippen LogP contribution in [0.1, 0.15) is 24.5 Å². The first-order valence-electron chi connectivity index (χ1n) is 5.78. The molecule has 0 spiro atoms. The zero-order valence-corrected chi connectivity index (χ0v) is 10.6. The van der Waals surface area contributed by atoms with Gasteiger partial charge in [-0.1, -0.05) is 30.7 Å². The van der Waals surface area contributed by atoms with Gasteiger partial charge in [0.2, 0.25) is 0 Å². The number of anilines is 1. The second-order valence-corrected chi connectivity index (χ2v) is 4.09. The number of nitrogens with one attached hydrogen (secondary N) is 1. The van der Waals surface area contributed by atoms with Gasteiger partial charge in [0.05, 0.1) is 0 Å². The van der Waals surface area contributed by atoms with E-state index in [9.17, 15) is 4.79 Å². The van der Waals surface area contributed by atoms with Crippen molar-refractivity contribution in [1.29, 1.82) is 0 Å². The van der Waals surface area contributed by atoms with Gasteiger partial charge >= 0.3 is 5.97 Å². The molecule has 0 unspecified atom stereocenters. The topological polar surface area (TPSA) is 49.3 Å². The van der Waals surface area contributed by atoms with Crippen molar-refractivity contribution in [2.75, 3.05) is 11.9 Å². The van der Waals surface area contributed by atoms with Crippen LogP contribution < -0.4 is 5.32 Å². The fourth-order valence-electron chi connectivity index (χ4n) is 1.68. The third kappa shape index (κ3) is 3.94. The van der Waals surface area contributed by atoms with E-state index in [1.54, 1.807) is 6.08 Å². The summed E-state index contributed by atoms with van der Waals surface area (Å²) < 4.78 is 0. The summed E-state index contributed by atoms with van der Waals surface area (Å²) in [6, 6.07) is 6.16. The summed E-state index contributed by atoms with van der Waals surface area (Å²) in [6.07, 6.45) is 2.27. The van der Waals surface area contributed by atoms with E-state index >= 15 is 0 Å². The molecular formula is C14H19NO2. The van der Waals surface area contributed by atoms with Crippen LogP contribution >= 0.6 is 0 Å². The maximum Gasteiger partial charge on any atom is 0.331 e. The lowest BCUT2D eigenvalue weighted by atomic mass is 10.1. The number of rotatable bonds is 5. The second-order valence-electron chi connectivity index (χ2n) is 4.09. The van der Waals surface area contributed by atoms with E-state index in [0.717, 1.165) is 5.69 Å². The monoisotopic (exact) mass is 233 g/mol. The van der Waals surface area contributed by atoms with Crippen LogP contribution in [0.25, 0.3) is 0 Å². The average molecular weight is 233 g/mol. The second kappa shape index (κ2) is 6.09. The largest absolute Gasteiger partial charge is 0.478 e. The van der Waals surface area contributed by atoms with E-state index in [1.807, 2.05) is 26.0 Å². The first kappa shape index (κ1) is 13.3. The van der Waals surface area contributed by atoms with Gasteiger partial charge in [0, 0.05) is 17.8 Å². The number of hydrogen-bond acceptors (Lipinski definition) is 2. The van der Waals surface area contributed by atoms with Crippen molar-refractivity contribution in [2.45, 2.75) is 27.2 Å². The molecular weight excluding hydrogens is 214 g/mol. The number of benzene rings is 1. The zero-order chi connectivity index (χ0) is 12.8. The number of aryl methyl sites for hydroxylation is 2. The van der Waals surface area contributed by atoms with Crippen molar-refractivity contribution >= 4 is 11.7 Å². The Kier molecular flexibility index (Phi) is 4.76. The SMILES string of the molecule is CC/C(=C/CNc1ccc(C)cc1C)C(=O)O. The molecule has 2 N–H and O–H groups in total. The number of carboxylic acid groups (broad SMARTS) is 1. The normalized spacial score (nSPS) is 11.4. The van der Waals surface area contributed by atoms with Crippen LogP contribution in [-0.4, -0.2) is 17.6 Å². The summed E-state index contributed by atoms with van der Waals surface area (Å²) in [5.41, 5.74) is 3.89. The number of hydrogen-bond donors (Lipinski definition) is 2. The number of carboxylic acids is 1. The van der Waals surface area contributed by atoms with E-state index in [0.29, 0.717) is 18.5 Å². The molecule has 0 aliphatic carbocycles. The molecule has 0 aliphatic heterocycles. The Balaban J connectivity index is 2.65. The van der Waals surface area contributed by atoms with Crippen molar-refractivity contribution in [2.24, 2.45) is 0 Å². The van der Waals surface area contributed by atoms with E-state index < -0.39 is 5.97 Å². The Morgan fingerprint density at radius 1 is 1.41 bits per heavy atom. The van der Waals surface area contributed by atoms with Gasteiger partial charge in [-0.3, -0.25) is 0 Å². The summed E-state index contributed by atoms with van der Waals surface area (Å²) in [5.74, 6) is -0.838. The van der Waals surface area contributed by atoms with Gasteiger partial charge in [-0.15, -0.1) is 0 Å². The highest BCUT2D eigenvalue weighted by Gasteiger charge is 2.03. The van der Waals surface area contributed by atoms with Gasteiger partial charge in [0.15, 0.2) is 0 Å². The number of carbonyl (C=O) groups is 1. The fourth-order valence-corrected chi connectivity index (χ4v) is 1.68. The average Bonchev–Trinajstić information content (AvgIpc) is 2.26. The third-order valence-electron chi connectivity index (χ3n) is 2.68. The van der Waals surface area contributed by atoms with Crippen LogP contribution in [0.2, 0.25) is 0 Å². The van der Waals surface area contributed by atoms with Gasteiger partial charge in [0.25, 0.3) is 0 Å². The van der Waals surface area contributed by atoms with Crippen LogP contribution in [0.3, 0.4) is 0 Å². The predicted molar refractivity (Wildman–Crippen MR) is 70.4 cm³/mol. The lowest BCUT2D eigenvalue weighted by molar-refractivity contribution is -0.132. The maximum atomic E-state index is 10.8. The summed E-state index contributed by atoms with van der Waals surface area (Å²) in [6.45, 7) is 6.48. The highest BCUT2D eigenvalue weighted by Crippen LogP contribution is 2.15. The molecule has 0 saturated heterocycles. The molecule has 0 aliphatic rings. The Morgan fingerprint density at radius 3 is 2.65 bits per heavy atom. The molecule has 1 rings (SSSR count). The molecule has 0 aromatic heterocycles. The maximum absolute atomic E-state index is 10.8. The zero-order valence-electron chi connectivity index (χ0n) is 10.6. The van der Waals surface area contributed by atoms with E-state index in [1.165, 1.54) is 11.1 Å². The standard InChI is InChI=1S/C14H19NO2/c1-4-12(14(16)17)7-8-15-13-6-5-10(2)9-11(13)3/h5-7,9,15H,4,8H2,1-3H3,(H,16,17)/b12-7-. The van der Waals surface area contributed by atoms with E-state index in [4.69, 9.17) is 5.11 Å². The van der Waals surface area contributed by atoms with Gasteiger partial charge in [-0.25, -0.2) is 4.79 Å². The number of aliphatic carboxylic acids is 1. The van der Waals surface area contributed by atoms with Gasteiger partial charge in [0.1, 0.15) is 0 Å². The van der Waals surface area contributed by atoms with Crippen LogP contribution in [0, 0.1) is 13.8 Å². The van der Waals surface area contributed by atoms with E-state index in [-0.39, 0.29) is 0 Å². The molecule has 3 nitrogen and oxygen atoms in total. The molecule has 0 bridgehead atoms. The molecule has 1 aromatic rings. The highest BCUT2D eigenvalue weighted by molar-refractivity contribution is 5.86. The molecule has 0 fully saturated rings. The fraction of sp³-hybridized carbons (Fsp3) is 0.357. The van der Waals surface area contributed by atoms with Crippen molar-refractivity contribution in [3.8, 4) is 0 Å². The predicted octanol–water partition coefficient (Wildman–Crippen LogP) is 3.14. The van der Waals surface area contributed by atoms with Gasteiger partial charge in [-0.2, -0.15) is 0 Å². The third-order valence-corrected chi connectivity index (χ3v) is 2.68. The lowest BCUT2D eigenvalue weighted by Crippen LogP contribution is -2.05. The summed E-state index contributed by atoms with van der Waals surface area (Å²) >= 11 is 0. The first-order chi connectivity index (χ1) is 8.04. The van der Waals surface area contributed by atoms with Crippen LogP contribution in [0.4, 0.5) is 5.69 Å². The first-order valence-corrected chi connectivity index (χ1v) is 5.78. The van der Waals surface area contributed by atoms with Crippen LogP contribution in [0.5, 0.6) is 0 Å². The Labute approximate surface area is 102 Å². The molecule has 3 heteroatoms. The Bertz CT molecular complexity index is 436. The molecule has 0 heterocycles. The molecule has 1 aromatic carbocycles. The molecule has 0 radical (unpaired) electrons. The van der Waals surface area contributed by atoms with Crippen molar-refractivity contribution in [3.63, 3.8) is 0 Å². The minimum absolute atomic E-state index is 0.447. The highest BCUT2D eigenvalue weighted by atomic mass is 16.4. The molecule has 0 atom stereocenters. The molecule has 0 saturated carbocycles. The molecule has 0 amide bonds. The van der Waals surface area contributed by atoms with Crippen molar-refractivity contribution in [1.82, 2.24) is 0 Å². The van der Waals surface area contributed by atoms with Crippen molar-refractivity contribution < 1.29 is 9.90 Å². The van der Waals surface area contributed by atoms with Crippen LogP contribution in [-0.2, 0) is 4.79 Å².